The third-order valence-corrected chi connectivity index (χ3v) is 5.90. The lowest BCUT2D eigenvalue weighted by Crippen LogP contribution is -2.51. The van der Waals surface area contributed by atoms with Crippen LogP contribution in [0, 0.1) is 0 Å². The van der Waals surface area contributed by atoms with Gasteiger partial charge >= 0.3 is 0 Å². The first kappa shape index (κ1) is 15.8. The van der Waals surface area contributed by atoms with E-state index in [-0.39, 0.29) is 18.4 Å². The lowest BCUT2D eigenvalue weighted by Gasteiger charge is -2.31. The summed E-state index contributed by atoms with van der Waals surface area (Å²) in [6.07, 6.45) is 3.24. The minimum Gasteiger partial charge on any atom is -0.312 e. The van der Waals surface area contributed by atoms with Crippen molar-refractivity contribution in [2.45, 2.75) is 37.1 Å². The number of hydrogen-bond acceptors (Lipinski definition) is 3. The van der Waals surface area contributed by atoms with Crippen molar-refractivity contribution in [3.63, 3.8) is 0 Å². The Hall–Kier alpha value is -0.620. The molecular weight excluding hydrogens is 296 g/mol. The topological polar surface area (TPSA) is 49.4 Å². The Morgan fingerprint density at radius 3 is 2.75 bits per heavy atom. The first-order valence-corrected chi connectivity index (χ1v) is 8.37. The first-order valence-electron chi connectivity index (χ1n) is 6.93. The van der Waals surface area contributed by atoms with E-state index >= 15 is 0 Å². The lowest BCUT2D eigenvalue weighted by molar-refractivity contribution is 0.310. The summed E-state index contributed by atoms with van der Waals surface area (Å²) in [6.45, 7) is 3.86. The van der Waals surface area contributed by atoms with Crippen LogP contribution in [0.15, 0.2) is 23.1 Å². The average Bonchev–Trinajstić information content (AvgIpc) is 2.85. The van der Waals surface area contributed by atoms with Crippen molar-refractivity contribution >= 4 is 22.4 Å². The molecule has 20 heavy (non-hydrogen) atoms. The third-order valence-electron chi connectivity index (χ3n) is 4.04. The molecule has 6 heteroatoms. The third kappa shape index (κ3) is 2.86. The van der Waals surface area contributed by atoms with Crippen LogP contribution in [-0.2, 0) is 22.9 Å². The zero-order valence-electron chi connectivity index (χ0n) is 11.6. The molecule has 1 saturated heterocycles. The van der Waals surface area contributed by atoms with E-state index in [2.05, 4.69) is 5.32 Å². The van der Waals surface area contributed by atoms with E-state index in [1.165, 1.54) is 11.1 Å². The molecule has 0 amide bonds. The Bertz CT molecular complexity index is 589. The fraction of sp³-hybridized carbons (Fsp3) is 0.571. The van der Waals surface area contributed by atoms with E-state index in [9.17, 15) is 8.42 Å². The van der Waals surface area contributed by atoms with Crippen LogP contribution < -0.4 is 5.32 Å². The van der Waals surface area contributed by atoms with Crippen molar-refractivity contribution < 1.29 is 8.42 Å². The van der Waals surface area contributed by atoms with Crippen molar-refractivity contribution in [2.24, 2.45) is 0 Å². The van der Waals surface area contributed by atoms with Crippen LogP contribution in [0.3, 0.4) is 0 Å². The van der Waals surface area contributed by atoms with Crippen molar-refractivity contribution in [3.8, 4) is 0 Å². The van der Waals surface area contributed by atoms with Crippen LogP contribution in [0.2, 0.25) is 0 Å². The van der Waals surface area contributed by atoms with Gasteiger partial charge in [0.05, 0.1) is 4.90 Å². The van der Waals surface area contributed by atoms with Crippen molar-refractivity contribution in [1.29, 1.82) is 0 Å². The highest BCUT2D eigenvalue weighted by Crippen LogP contribution is 2.26. The molecule has 2 aliphatic rings. The Balaban J connectivity index is 0.00000147. The van der Waals surface area contributed by atoms with E-state index in [0.717, 1.165) is 25.8 Å². The number of hydrogen-bond donors (Lipinski definition) is 1. The molecule has 1 atom stereocenters. The highest BCUT2D eigenvalue weighted by molar-refractivity contribution is 7.89. The second-order valence-corrected chi connectivity index (χ2v) is 7.44. The van der Waals surface area contributed by atoms with Gasteiger partial charge in [0, 0.05) is 25.7 Å². The van der Waals surface area contributed by atoms with Gasteiger partial charge in [0.1, 0.15) is 0 Å². The number of rotatable bonds is 2. The Kier molecular flexibility index (Phi) is 4.74. The molecule has 1 aliphatic heterocycles. The zero-order valence-corrected chi connectivity index (χ0v) is 13.3. The maximum atomic E-state index is 12.6. The smallest absolute Gasteiger partial charge is 0.243 e. The van der Waals surface area contributed by atoms with E-state index < -0.39 is 10.0 Å². The molecule has 1 heterocycles. The van der Waals surface area contributed by atoms with Crippen LogP contribution >= 0.6 is 12.4 Å². The van der Waals surface area contributed by atoms with Crippen LogP contribution in [0.25, 0.3) is 0 Å². The van der Waals surface area contributed by atoms with E-state index in [1.807, 2.05) is 19.1 Å². The van der Waals surface area contributed by atoms with Gasteiger partial charge in [0.15, 0.2) is 0 Å². The van der Waals surface area contributed by atoms with Gasteiger partial charge in [-0.05, 0) is 49.4 Å². The number of sulfonamides is 1. The number of nitrogens with zero attached hydrogens (tertiary/aromatic N) is 1. The molecule has 1 aliphatic carbocycles. The fourth-order valence-corrected chi connectivity index (χ4v) is 4.55. The summed E-state index contributed by atoms with van der Waals surface area (Å²) in [5.41, 5.74) is 2.52. The fourth-order valence-electron chi connectivity index (χ4n) is 2.97. The second-order valence-electron chi connectivity index (χ2n) is 5.50. The molecule has 0 bridgehead atoms. The molecule has 0 unspecified atom stereocenters. The number of benzene rings is 1. The molecule has 4 nitrogen and oxygen atoms in total. The van der Waals surface area contributed by atoms with Gasteiger partial charge in [0.2, 0.25) is 10.0 Å². The van der Waals surface area contributed by atoms with E-state index in [0.29, 0.717) is 18.0 Å². The van der Waals surface area contributed by atoms with Crippen LogP contribution in [0.1, 0.15) is 24.5 Å². The van der Waals surface area contributed by atoms with Gasteiger partial charge in [-0.1, -0.05) is 6.07 Å². The Morgan fingerprint density at radius 1 is 1.25 bits per heavy atom. The number of piperazine rings is 1. The molecule has 0 spiro atoms. The zero-order chi connectivity index (χ0) is 13.5. The summed E-state index contributed by atoms with van der Waals surface area (Å²) in [5.74, 6) is 0. The molecule has 0 aromatic heterocycles. The summed E-state index contributed by atoms with van der Waals surface area (Å²) in [4.78, 5) is 0.460. The second kappa shape index (κ2) is 6.02. The minimum atomic E-state index is -3.32. The standard InChI is InChI=1S/C14H20N2O2S.ClH/c1-11-10-16(8-7-15-11)19(17,18)14-6-5-12-3-2-4-13(12)9-14;/h5-6,9,11,15H,2-4,7-8,10H2,1H3;1H/t11-;/m1./s1. The van der Waals surface area contributed by atoms with Crippen LogP contribution in [0.4, 0.5) is 0 Å². The van der Waals surface area contributed by atoms with Crippen molar-refractivity contribution in [3.05, 3.63) is 29.3 Å². The Labute approximate surface area is 127 Å². The predicted molar refractivity (Wildman–Crippen MR) is 81.9 cm³/mol. The lowest BCUT2D eigenvalue weighted by atomic mass is 10.1. The predicted octanol–water partition coefficient (Wildman–Crippen LogP) is 1.58. The minimum absolute atomic E-state index is 0. The maximum Gasteiger partial charge on any atom is 0.243 e. The summed E-state index contributed by atoms with van der Waals surface area (Å²) in [6, 6.07) is 5.86. The van der Waals surface area contributed by atoms with Gasteiger partial charge in [-0.15, -0.1) is 12.4 Å². The quantitative estimate of drug-likeness (QED) is 0.901. The van der Waals surface area contributed by atoms with Crippen LogP contribution in [-0.4, -0.2) is 38.4 Å². The first-order chi connectivity index (χ1) is 9.07. The molecular formula is C14H21ClN2O2S. The van der Waals surface area contributed by atoms with Gasteiger partial charge < -0.3 is 5.32 Å². The molecule has 1 fully saturated rings. The Morgan fingerprint density at radius 2 is 2.00 bits per heavy atom. The largest absolute Gasteiger partial charge is 0.312 e. The summed E-state index contributed by atoms with van der Waals surface area (Å²) >= 11 is 0. The summed E-state index contributed by atoms with van der Waals surface area (Å²) < 4.78 is 26.9. The van der Waals surface area contributed by atoms with Crippen molar-refractivity contribution in [1.82, 2.24) is 9.62 Å². The number of fused-ring (bicyclic) bond motifs is 1. The highest BCUT2D eigenvalue weighted by atomic mass is 35.5. The average molecular weight is 317 g/mol. The monoisotopic (exact) mass is 316 g/mol. The number of halogens is 1. The SMILES string of the molecule is C[C@@H]1CN(S(=O)(=O)c2ccc3c(c2)CCC3)CCN1.Cl. The summed E-state index contributed by atoms with van der Waals surface area (Å²) in [7, 11) is -3.32. The number of nitrogens with one attached hydrogen (secondary N) is 1. The molecule has 1 aromatic rings. The molecule has 1 N–H and O–H groups in total. The highest BCUT2D eigenvalue weighted by Gasteiger charge is 2.29. The molecule has 1 aromatic carbocycles. The molecule has 3 rings (SSSR count). The van der Waals surface area contributed by atoms with Gasteiger partial charge in [-0.25, -0.2) is 8.42 Å². The van der Waals surface area contributed by atoms with Crippen molar-refractivity contribution in [2.75, 3.05) is 19.6 Å². The van der Waals surface area contributed by atoms with Crippen LogP contribution in [0.5, 0.6) is 0 Å². The van der Waals surface area contributed by atoms with Gasteiger partial charge in [-0.2, -0.15) is 4.31 Å². The van der Waals surface area contributed by atoms with E-state index in [4.69, 9.17) is 0 Å². The van der Waals surface area contributed by atoms with Gasteiger partial charge in [-0.3, -0.25) is 0 Å². The van der Waals surface area contributed by atoms with E-state index in [1.54, 1.807) is 10.4 Å². The normalized spacial score (nSPS) is 23.1. The molecule has 0 saturated carbocycles. The molecule has 112 valence electrons. The van der Waals surface area contributed by atoms with Gasteiger partial charge in [0.25, 0.3) is 0 Å². The maximum absolute atomic E-state index is 12.6. The molecule has 0 radical (unpaired) electrons. The summed E-state index contributed by atoms with van der Waals surface area (Å²) in [5, 5.41) is 3.27. The number of aryl methyl sites for hydroxylation is 2.